The molecule has 0 bridgehead atoms. The van der Waals surface area contributed by atoms with Gasteiger partial charge in [0.1, 0.15) is 18.2 Å². The summed E-state index contributed by atoms with van der Waals surface area (Å²) < 4.78 is 36.6. The number of halogens is 2. The number of hydrazone groups is 1. The van der Waals surface area contributed by atoms with Crippen LogP contribution < -0.4 is 24.7 Å². The number of ether oxygens (including phenoxy) is 4. The lowest BCUT2D eigenvalue weighted by molar-refractivity contribution is 0.121. The Morgan fingerprint density at radius 1 is 1.00 bits per heavy atom. The summed E-state index contributed by atoms with van der Waals surface area (Å²) in [6, 6.07) is 11.9. The fourth-order valence-electron chi connectivity index (χ4n) is 4.20. The zero-order valence-electron chi connectivity index (χ0n) is 21.6. The number of nitrogens with one attached hydrogen (secondary N) is 1. The van der Waals surface area contributed by atoms with Crippen molar-refractivity contribution in [3.05, 3.63) is 63.0 Å². The van der Waals surface area contributed by atoms with Gasteiger partial charge in [0.05, 0.1) is 43.3 Å². The lowest BCUT2D eigenvalue weighted by Crippen LogP contribution is -2.39. The van der Waals surface area contributed by atoms with Gasteiger partial charge in [0.2, 0.25) is 5.95 Å². The molecule has 2 saturated heterocycles. The minimum absolute atomic E-state index is 0.278. The number of morpholine rings is 2. The Bertz CT molecular complexity index is 1250. The van der Waals surface area contributed by atoms with Crippen molar-refractivity contribution in [2.24, 2.45) is 5.10 Å². The number of hydrogen-bond donors (Lipinski definition) is 1. The maximum Gasteiger partial charge on any atom is 0.229 e. The summed E-state index contributed by atoms with van der Waals surface area (Å²) in [6.07, 6.45) is 1.71. The number of methoxy groups -OCH3 is 1. The topological polar surface area (TPSA) is 93.6 Å². The second-order valence-electron chi connectivity index (χ2n) is 8.93. The molecule has 10 nitrogen and oxygen atoms in total. The number of hydrogen-bond acceptors (Lipinski definition) is 10. The van der Waals surface area contributed by atoms with Crippen molar-refractivity contribution >= 4 is 46.4 Å². The van der Waals surface area contributed by atoms with E-state index in [1.807, 2.05) is 18.2 Å². The van der Waals surface area contributed by atoms with E-state index < -0.39 is 0 Å². The molecule has 3 aromatic rings. The lowest BCUT2D eigenvalue weighted by atomic mass is 10.2. The van der Waals surface area contributed by atoms with Gasteiger partial charge in [0.25, 0.3) is 0 Å². The van der Waals surface area contributed by atoms with Crippen LogP contribution >= 0.6 is 22.6 Å². The molecule has 39 heavy (non-hydrogen) atoms. The molecule has 0 atom stereocenters. The Morgan fingerprint density at radius 2 is 1.69 bits per heavy atom. The van der Waals surface area contributed by atoms with Gasteiger partial charge in [-0.3, -0.25) is 5.43 Å². The second-order valence-corrected chi connectivity index (χ2v) is 10.1. The SMILES string of the molecule is COc1cc(C=NNc2cc(N3CCOCC3)nc(N3CCOCC3)n2)cc(I)c1OCc1ccc(F)cc1. The summed E-state index contributed by atoms with van der Waals surface area (Å²) in [5.41, 5.74) is 4.76. The van der Waals surface area contributed by atoms with Crippen LogP contribution in [0.3, 0.4) is 0 Å². The normalized spacial score (nSPS) is 16.0. The second kappa shape index (κ2) is 13.2. The van der Waals surface area contributed by atoms with Crippen LogP contribution in [0.1, 0.15) is 11.1 Å². The fourth-order valence-corrected chi connectivity index (χ4v) is 4.98. The third kappa shape index (κ3) is 7.25. The Morgan fingerprint density at radius 3 is 2.38 bits per heavy atom. The highest BCUT2D eigenvalue weighted by Gasteiger charge is 2.19. The van der Waals surface area contributed by atoms with E-state index in [2.05, 4.69) is 42.9 Å². The highest BCUT2D eigenvalue weighted by atomic mass is 127. The first-order valence-electron chi connectivity index (χ1n) is 12.7. The molecule has 2 aromatic carbocycles. The van der Waals surface area contributed by atoms with E-state index in [0.29, 0.717) is 56.3 Å². The molecule has 0 spiro atoms. The molecule has 2 aliphatic rings. The summed E-state index contributed by atoms with van der Waals surface area (Å²) in [7, 11) is 1.59. The number of anilines is 3. The molecule has 0 aliphatic carbocycles. The first-order chi connectivity index (χ1) is 19.1. The van der Waals surface area contributed by atoms with Gasteiger partial charge in [-0.05, 0) is 58.0 Å². The molecule has 3 heterocycles. The molecule has 12 heteroatoms. The van der Waals surface area contributed by atoms with Crippen LogP contribution in [0, 0.1) is 9.39 Å². The fraction of sp³-hybridized carbons (Fsp3) is 0.370. The summed E-state index contributed by atoms with van der Waals surface area (Å²) in [6.45, 7) is 5.96. The minimum Gasteiger partial charge on any atom is -0.493 e. The summed E-state index contributed by atoms with van der Waals surface area (Å²) in [5.74, 6) is 3.01. The maximum absolute atomic E-state index is 13.2. The number of benzene rings is 2. The van der Waals surface area contributed by atoms with Crippen molar-refractivity contribution in [3.63, 3.8) is 0 Å². The number of rotatable bonds is 9. The van der Waals surface area contributed by atoms with Crippen LogP contribution in [0.2, 0.25) is 0 Å². The van der Waals surface area contributed by atoms with Crippen molar-refractivity contribution in [1.82, 2.24) is 9.97 Å². The Labute approximate surface area is 240 Å². The van der Waals surface area contributed by atoms with Crippen LogP contribution in [0.15, 0.2) is 47.6 Å². The van der Waals surface area contributed by atoms with Gasteiger partial charge in [0.15, 0.2) is 17.3 Å². The standard InChI is InChI=1S/C27H30FIN6O4/c1-36-23-15-20(14-22(29)26(23)39-18-19-2-4-21(28)5-3-19)17-30-33-24-16-25(34-6-10-37-11-7-34)32-27(31-24)35-8-12-38-13-9-35/h2-5,14-17H,6-13,18H2,1H3,(H,31,32,33). The molecule has 1 N–H and O–H groups in total. The Kier molecular flexibility index (Phi) is 9.27. The first kappa shape index (κ1) is 27.3. The zero-order chi connectivity index (χ0) is 27.0. The smallest absolute Gasteiger partial charge is 0.229 e. The molecule has 0 radical (unpaired) electrons. The number of nitrogens with zero attached hydrogens (tertiary/aromatic N) is 5. The van der Waals surface area contributed by atoms with Crippen molar-refractivity contribution in [3.8, 4) is 11.5 Å². The summed E-state index contributed by atoms with van der Waals surface area (Å²) in [5, 5.41) is 4.45. The van der Waals surface area contributed by atoms with E-state index in [1.165, 1.54) is 12.1 Å². The van der Waals surface area contributed by atoms with Gasteiger partial charge in [-0.15, -0.1) is 0 Å². The van der Waals surface area contributed by atoms with E-state index in [0.717, 1.165) is 46.7 Å². The molecular formula is C27H30FIN6O4. The van der Waals surface area contributed by atoms with E-state index in [1.54, 1.807) is 25.5 Å². The third-order valence-corrected chi connectivity index (χ3v) is 7.07. The maximum atomic E-state index is 13.2. The highest BCUT2D eigenvalue weighted by Crippen LogP contribution is 2.34. The third-order valence-electron chi connectivity index (χ3n) is 6.27. The predicted molar refractivity (Wildman–Crippen MR) is 156 cm³/mol. The average molecular weight is 648 g/mol. The molecule has 0 unspecified atom stereocenters. The average Bonchev–Trinajstić information content (AvgIpc) is 2.98. The number of aromatic nitrogens is 2. The van der Waals surface area contributed by atoms with Crippen molar-refractivity contribution in [2.75, 3.05) is 74.9 Å². The largest absolute Gasteiger partial charge is 0.493 e. The monoisotopic (exact) mass is 648 g/mol. The first-order valence-corrected chi connectivity index (χ1v) is 13.8. The van der Waals surface area contributed by atoms with Gasteiger partial charge in [-0.25, -0.2) is 4.39 Å². The van der Waals surface area contributed by atoms with E-state index in [-0.39, 0.29) is 5.82 Å². The highest BCUT2D eigenvalue weighted by molar-refractivity contribution is 14.1. The Hall–Kier alpha value is -3.23. The van der Waals surface area contributed by atoms with E-state index in [9.17, 15) is 4.39 Å². The molecule has 2 fully saturated rings. The molecule has 0 amide bonds. The van der Waals surface area contributed by atoms with E-state index in [4.69, 9.17) is 28.9 Å². The lowest BCUT2D eigenvalue weighted by Gasteiger charge is -2.31. The zero-order valence-corrected chi connectivity index (χ0v) is 23.8. The van der Waals surface area contributed by atoms with Crippen LogP contribution in [0.5, 0.6) is 11.5 Å². The quantitative estimate of drug-likeness (QED) is 0.211. The van der Waals surface area contributed by atoms with Gasteiger partial charge < -0.3 is 28.7 Å². The van der Waals surface area contributed by atoms with Crippen molar-refractivity contribution in [2.45, 2.75) is 6.61 Å². The molecule has 206 valence electrons. The van der Waals surface area contributed by atoms with Crippen LogP contribution in [0.4, 0.5) is 22.0 Å². The van der Waals surface area contributed by atoms with Gasteiger partial charge >= 0.3 is 0 Å². The van der Waals surface area contributed by atoms with Crippen LogP contribution in [0.25, 0.3) is 0 Å². The van der Waals surface area contributed by atoms with Gasteiger partial charge in [-0.1, -0.05) is 12.1 Å². The van der Waals surface area contributed by atoms with Crippen LogP contribution in [-0.4, -0.2) is 75.9 Å². The molecule has 0 saturated carbocycles. The van der Waals surface area contributed by atoms with Crippen molar-refractivity contribution < 1.29 is 23.3 Å². The van der Waals surface area contributed by atoms with Gasteiger partial charge in [-0.2, -0.15) is 15.1 Å². The summed E-state index contributed by atoms with van der Waals surface area (Å²) >= 11 is 2.21. The molecule has 2 aliphatic heterocycles. The summed E-state index contributed by atoms with van der Waals surface area (Å²) in [4.78, 5) is 13.9. The molecule has 1 aromatic heterocycles. The van der Waals surface area contributed by atoms with E-state index >= 15 is 0 Å². The minimum atomic E-state index is -0.278. The molecule has 5 rings (SSSR count). The Balaban J connectivity index is 1.31. The van der Waals surface area contributed by atoms with Gasteiger partial charge in [0, 0.05) is 32.2 Å². The van der Waals surface area contributed by atoms with Crippen LogP contribution in [-0.2, 0) is 16.1 Å². The predicted octanol–water partition coefficient (Wildman–Crippen LogP) is 3.93. The van der Waals surface area contributed by atoms with Crippen molar-refractivity contribution in [1.29, 1.82) is 0 Å². The molecular weight excluding hydrogens is 618 g/mol.